The second-order valence-electron chi connectivity index (χ2n) is 1.62. The van der Waals surface area contributed by atoms with E-state index in [2.05, 4.69) is 16.7 Å². The van der Waals surface area contributed by atoms with Crippen LogP contribution in [-0.2, 0) is 0 Å². The fourth-order valence-electron chi connectivity index (χ4n) is 0.607. The predicted octanol–water partition coefficient (Wildman–Crippen LogP) is 1.05. The zero-order valence-electron chi connectivity index (χ0n) is 4.67. The van der Waals surface area contributed by atoms with Gasteiger partial charge in [0.1, 0.15) is 0 Å². The molecule has 0 N–H and O–H groups in total. The molecular weight excluding hydrogens is 100 g/mol. The Kier molecular flexibility index (Phi) is 1.57. The highest BCUT2D eigenvalue weighted by atomic mass is 14.8. The number of nitrogens with zero attached hydrogens (tertiary/aromatic N) is 2. The lowest BCUT2D eigenvalue weighted by Gasteiger charge is -1.99. The third-order valence-corrected chi connectivity index (χ3v) is 1.07. The van der Waals surface area contributed by atoms with Gasteiger partial charge in [-0.15, -0.1) is 0 Å². The van der Waals surface area contributed by atoms with Gasteiger partial charge in [-0.2, -0.15) is 0 Å². The van der Waals surface area contributed by atoms with Gasteiger partial charge in [0.05, 0.1) is 0 Å². The third-order valence-electron chi connectivity index (χ3n) is 1.07. The molecule has 1 rings (SSSR count). The standard InChI is InChI=1S/C6H8N2/c1-7-6-2-4-8-5-3-6/h2,4H,1,3,5H2. The summed E-state index contributed by atoms with van der Waals surface area (Å²) < 4.78 is 0. The predicted molar refractivity (Wildman–Crippen MR) is 35.6 cm³/mol. The van der Waals surface area contributed by atoms with Crippen molar-refractivity contribution in [1.29, 1.82) is 0 Å². The van der Waals surface area contributed by atoms with E-state index in [4.69, 9.17) is 0 Å². The smallest absolute Gasteiger partial charge is 0.0444 e. The summed E-state index contributed by atoms with van der Waals surface area (Å²) in [6.07, 6.45) is 4.60. The summed E-state index contributed by atoms with van der Waals surface area (Å²) in [5.41, 5.74) is 1.04. The Morgan fingerprint density at radius 2 is 2.62 bits per heavy atom. The summed E-state index contributed by atoms with van der Waals surface area (Å²) in [4.78, 5) is 7.75. The molecule has 0 unspecified atom stereocenters. The first-order valence-electron chi connectivity index (χ1n) is 2.59. The maximum Gasteiger partial charge on any atom is 0.0444 e. The molecule has 42 valence electrons. The monoisotopic (exact) mass is 108 g/mol. The highest BCUT2D eigenvalue weighted by Gasteiger charge is 1.93. The number of allylic oxidation sites excluding steroid dienone is 1. The molecule has 0 spiro atoms. The zero-order valence-corrected chi connectivity index (χ0v) is 4.67. The lowest BCUT2D eigenvalue weighted by molar-refractivity contribution is 0.931. The SMILES string of the molecule is C=NC1=CC=NCC1. The average Bonchev–Trinajstić information content (AvgIpc) is 1.90. The summed E-state index contributed by atoms with van der Waals surface area (Å²) in [7, 11) is 0. The maximum atomic E-state index is 3.99. The molecule has 0 atom stereocenters. The quantitative estimate of drug-likeness (QED) is 0.448. The Labute approximate surface area is 48.7 Å². The molecule has 0 aromatic heterocycles. The molecule has 0 amide bonds. The average molecular weight is 108 g/mol. The highest BCUT2D eigenvalue weighted by Crippen LogP contribution is 2.03. The molecule has 0 fully saturated rings. The molecule has 0 radical (unpaired) electrons. The van der Waals surface area contributed by atoms with Gasteiger partial charge in [-0.3, -0.25) is 9.98 Å². The highest BCUT2D eigenvalue weighted by molar-refractivity contribution is 5.73. The maximum absolute atomic E-state index is 3.99. The van der Waals surface area contributed by atoms with Crippen molar-refractivity contribution >= 4 is 12.9 Å². The second kappa shape index (κ2) is 2.40. The van der Waals surface area contributed by atoms with Gasteiger partial charge in [-0.25, -0.2) is 0 Å². The van der Waals surface area contributed by atoms with Crippen LogP contribution in [0, 0.1) is 0 Å². The van der Waals surface area contributed by atoms with Gasteiger partial charge in [-0.05, 0) is 12.8 Å². The largest absolute Gasteiger partial charge is 0.293 e. The fraction of sp³-hybridized carbons (Fsp3) is 0.333. The van der Waals surface area contributed by atoms with Crippen LogP contribution in [0.4, 0.5) is 0 Å². The van der Waals surface area contributed by atoms with Crippen LogP contribution in [0.2, 0.25) is 0 Å². The van der Waals surface area contributed by atoms with Crippen molar-refractivity contribution in [3.8, 4) is 0 Å². The molecule has 0 saturated heterocycles. The van der Waals surface area contributed by atoms with Crippen LogP contribution in [0.1, 0.15) is 6.42 Å². The zero-order chi connectivity index (χ0) is 5.82. The summed E-state index contributed by atoms with van der Waals surface area (Å²) >= 11 is 0. The molecule has 0 aromatic rings. The minimum atomic E-state index is 0.866. The van der Waals surface area contributed by atoms with Crippen LogP contribution in [-0.4, -0.2) is 19.5 Å². The topological polar surface area (TPSA) is 24.7 Å². The van der Waals surface area contributed by atoms with Gasteiger partial charge < -0.3 is 0 Å². The third kappa shape index (κ3) is 1.03. The molecule has 2 heteroatoms. The summed E-state index contributed by atoms with van der Waals surface area (Å²) in [6.45, 7) is 4.27. The Balaban J connectivity index is 2.63. The van der Waals surface area contributed by atoms with Crippen LogP contribution in [0.25, 0.3) is 0 Å². The van der Waals surface area contributed by atoms with E-state index in [0.29, 0.717) is 0 Å². The molecular formula is C6H8N2. The number of dihydropyridines is 1. The first-order chi connectivity index (χ1) is 3.93. The Bertz CT molecular complexity index is 145. The number of hydrogen-bond donors (Lipinski definition) is 0. The van der Waals surface area contributed by atoms with Crippen LogP contribution < -0.4 is 0 Å². The van der Waals surface area contributed by atoms with E-state index in [1.807, 2.05) is 6.08 Å². The first-order valence-corrected chi connectivity index (χ1v) is 2.59. The van der Waals surface area contributed by atoms with Crippen molar-refractivity contribution in [2.45, 2.75) is 6.42 Å². The van der Waals surface area contributed by atoms with Crippen LogP contribution in [0.3, 0.4) is 0 Å². The molecule has 8 heavy (non-hydrogen) atoms. The van der Waals surface area contributed by atoms with Crippen LogP contribution in [0.15, 0.2) is 21.8 Å². The summed E-state index contributed by atoms with van der Waals surface area (Å²) in [5, 5.41) is 0. The Hall–Kier alpha value is -0.920. The van der Waals surface area contributed by atoms with Gasteiger partial charge in [0.15, 0.2) is 0 Å². The lowest BCUT2D eigenvalue weighted by Crippen LogP contribution is -1.90. The first kappa shape index (κ1) is 5.22. The van der Waals surface area contributed by atoms with Crippen LogP contribution >= 0.6 is 0 Å². The summed E-state index contributed by atoms with van der Waals surface area (Å²) in [5.74, 6) is 0. The minimum Gasteiger partial charge on any atom is -0.293 e. The van der Waals surface area contributed by atoms with E-state index in [9.17, 15) is 0 Å². The molecule has 0 saturated carbocycles. The summed E-state index contributed by atoms with van der Waals surface area (Å²) in [6, 6.07) is 0. The Morgan fingerprint density at radius 3 is 3.00 bits per heavy atom. The van der Waals surface area contributed by atoms with Gasteiger partial charge >= 0.3 is 0 Å². The second-order valence-corrected chi connectivity index (χ2v) is 1.62. The van der Waals surface area contributed by atoms with Crippen molar-refractivity contribution in [2.75, 3.05) is 6.54 Å². The van der Waals surface area contributed by atoms with Gasteiger partial charge in [-0.1, -0.05) is 0 Å². The number of hydrogen-bond acceptors (Lipinski definition) is 2. The molecule has 2 nitrogen and oxygen atoms in total. The van der Waals surface area contributed by atoms with Gasteiger partial charge in [0, 0.05) is 24.9 Å². The van der Waals surface area contributed by atoms with Crippen molar-refractivity contribution in [3.63, 3.8) is 0 Å². The lowest BCUT2D eigenvalue weighted by atomic mass is 10.3. The molecule has 0 aliphatic carbocycles. The molecule has 1 aliphatic heterocycles. The normalized spacial score (nSPS) is 17.8. The van der Waals surface area contributed by atoms with Crippen molar-refractivity contribution in [2.24, 2.45) is 9.98 Å². The molecule has 1 aliphatic rings. The molecule has 0 aromatic carbocycles. The van der Waals surface area contributed by atoms with E-state index in [1.165, 1.54) is 0 Å². The van der Waals surface area contributed by atoms with Crippen molar-refractivity contribution in [3.05, 3.63) is 11.8 Å². The number of rotatable bonds is 1. The van der Waals surface area contributed by atoms with E-state index in [-0.39, 0.29) is 0 Å². The van der Waals surface area contributed by atoms with Crippen LogP contribution in [0.5, 0.6) is 0 Å². The minimum absolute atomic E-state index is 0.866. The number of aliphatic imine (C=N–C) groups is 2. The van der Waals surface area contributed by atoms with E-state index in [1.54, 1.807) is 6.21 Å². The van der Waals surface area contributed by atoms with E-state index < -0.39 is 0 Å². The molecule has 1 heterocycles. The van der Waals surface area contributed by atoms with Gasteiger partial charge in [0.2, 0.25) is 0 Å². The van der Waals surface area contributed by atoms with Gasteiger partial charge in [0.25, 0.3) is 0 Å². The van der Waals surface area contributed by atoms with Crippen molar-refractivity contribution < 1.29 is 0 Å². The Morgan fingerprint density at radius 1 is 1.75 bits per heavy atom. The molecule has 0 bridgehead atoms. The van der Waals surface area contributed by atoms with E-state index >= 15 is 0 Å². The van der Waals surface area contributed by atoms with Crippen molar-refractivity contribution in [1.82, 2.24) is 0 Å². The fourth-order valence-corrected chi connectivity index (χ4v) is 0.607. The van der Waals surface area contributed by atoms with E-state index in [0.717, 1.165) is 18.7 Å².